The molecule has 2 aromatic carbocycles. The molecule has 150 valence electrons. The molecule has 1 atom stereocenters. The summed E-state index contributed by atoms with van der Waals surface area (Å²) in [6.07, 6.45) is 0.491. The molecule has 1 aromatic heterocycles. The van der Waals surface area contributed by atoms with Crippen molar-refractivity contribution in [3.63, 3.8) is 0 Å². The van der Waals surface area contributed by atoms with Crippen LogP contribution in [-0.2, 0) is 20.7 Å². The van der Waals surface area contributed by atoms with E-state index in [0.717, 1.165) is 5.39 Å². The first-order chi connectivity index (χ1) is 13.9. The van der Waals surface area contributed by atoms with E-state index in [1.54, 1.807) is 49.6 Å². The number of Topliss-reactive ketones (excluding diaryl/α,β-unsaturated/α-hetero) is 1. The third-order valence-electron chi connectivity index (χ3n) is 4.43. The van der Waals surface area contributed by atoms with Crippen LogP contribution >= 0.6 is 0 Å². The number of carbonyl (C=O) groups is 3. The second kappa shape index (κ2) is 8.60. The Hall–Kier alpha value is -3.61. The van der Waals surface area contributed by atoms with Gasteiger partial charge in [-0.1, -0.05) is 0 Å². The van der Waals surface area contributed by atoms with Crippen molar-refractivity contribution in [2.45, 2.75) is 26.4 Å². The van der Waals surface area contributed by atoms with E-state index in [1.165, 1.54) is 20.1 Å². The molecule has 0 spiro atoms. The smallest absolute Gasteiger partial charge is 0.311 e. The van der Waals surface area contributed by atoms with Crippen molar-refractivity contribution in [1.29, 1.82) is 0 Å². The average molecular weight is 395 g/mol. The summed E-state index contributed by atoms with van der Waals surface area (Å²) < 4.78 is 15.8. The van der Waals surface area contributed by atoms with Crippen molar-refractivity contribution >= 4 is 34.3 Å². The normalized spacial score (nSPS) is 11.7. The molecule has 0 radical (unpaired) electrons. The number of fused-ring (bicyclic) bond motifs is 1. The van der Waals surface area contributed by atoms with Gasteiger partial charge in [0.25, 0.3) is 5.91 Å². The molecule has 3 aromatic rings. The maximum Gasteiger partial charge on any atom is 0.311 e. The van der Waals surface area contributed by atoms with E-state index in [4.69, 9.17) is 13.9 Å². The van der Waals surface area contributed by atoms with Gasteiger partial charge in [0.2, 0.25) is 0 Å². The molecule has 0 fully saturated rings. The largest absolute Gasteiger partial charge is 0.497 e. The summed E-state index contributed by atoms with van der Waals surface area (Å²) in [5.74, 6) is -0.410. The average Bonchev–Trinajstić information content (AvgIpc) is 3.09. The number of amides is 1. The summed E-state index contributed by atoms with van der Waals surface area (Å²) >= 11 is 0. The molecule has 1 amide bonds. The number of anilines is 1. The zero-order valence-corrected chi connectivity index (χ0v) is 16.4. The van der Waals surface area contributed by atoms with Crippen LogP contribution in [0.2, 0.25) is 0 Å². The molecule has 0 saturated heterocycles. The molecule has 0 unspecified atom stereocenters. The molecule has 1 heterocycles. The molecule has 0 aliphatic rings. The van der Waals surface area contributed by atoms with Crippen LogP contribution in [0, 0.1) is 0 Å². The first kappa shape index (κ1) is 20.1. The molecule has 29 heavy (non-hydrogen) atoms. The molecule has 0 aliphatic heterocycles. The Morgan fingerprint density at radius 3 is 2.48 bits per heavy atom. The molecule has 1 N–H and O–H groups in total. The number of ketones is 1. The van der Waals surface area contributed by atoms with Crippen molar-refractivity contribution in [3.05, 3.63) is 59.9 Å². The lowest BCUT2D eigenvalue weighted by molar-refractivity contribution is -0.152. The number of ether oxygens (including phenoxy) is 2. The van der Waals surface area contributed by atoms with Crippen molar-refractivity contribution in [2.75, 3.05) is 12.4 Å². The standard InChI is InChI=1S/C22H21NO6/c1-13(24)15-4-6-17(7-5-15)23-22(26)14(2)29-21(25)10-16-12-28-20-11-18(27-3)8-9-19(16)20/h4-9,11-12,14H,10H2,1-3H3,(H,23,26)/t14-/m0/s1. The summed E-state index contributed by atoms with van der Waals surface area (Å²) in [5, 5.41) is 3.44. The zero-order valence-electron chi connectivity index (χ0n) is 16.4. The van der Waals surface area contributed by atoms with Gasteiger partial charge < -0.3 is 19.2 Å². The van der Waals surface area contributed by atoms with Crippen LogP contribution in [0.25, 0.3) is 11.0 Å². The van der Waals surface area contributed by atoms with Crippen molar-refractivity contribution in [2.24, 2.45) is 0 Å². The fraction of sp³-hybridized carbons (Fsp3) is 0.227. The van der Waals surface area contributed by atoms with Crippen molar-refractivity contribution in [1.82, 2.24) is 0 Å². The van der Waals surface area contributed by atoms with Gasteiger partial charge >= 0.3 is 5.97 Å². The first-order valence-electron chi connectivity index (χ1n) is 9.03. The lowest BCUT2D eigenvalue weighted by atomic mass is 10.1. The predicted octanol–water partition coefficient (Wildman–Crippen LogP) is 3.76. The van der Waals surface area contributed by atoms with Gasteiger partial charge in [-0.05, 0) is 50.2 Å². The van der Waals surface area contributed by atoms with Crippen LogP contribution in [0.1, 0.15) is 29.8 Å². The second-order valence-corrected chi connectivity index (χ2v) is 6.55. The number of carbonyl (C=O) groups excluding carboxylic acids is 3. The van der Waals surface area contributed by atoms with Gasteiger partial charge in [0.15, 0.2) is 11.9 Å². The van der Waals surface area contributed by atoms with E-state index < -0.39 is 18.0 Å². The molecule has 0 bridgehead atoms. The summed E-state index contributed by atoms with van der Waals surface area (Å²) in [5.41, 5.74) is 2.33. The first-order valence-corrected chi connectivity index (χ1v) is 9.03. The highest BCUT2D eigenvalue weighted by Crippen LogP contribution is 2.26. The summed E-state index contributed by atoms with van der Waals surface area (Å²) in [7, 11) is 1.56. The van der Waals surface area contributed by atoms with Gasteiger partial charge in [-0.15, -0.1) is 0 Å². The number of rotatable bonds is 7. The SMILES string of the molecule is COc1ccc2c(CC(=O)O[C@@H](C)C(=O)Nc3ccc(C(C)=O)cc3)coc2c1. The van der Waals surface area contributed by atoms with Crippen LogP contribution < -0.4 is 10.1 Å². The minimum absolute atomic E-state index is 0.0236. The van der Waals surface area contributed by atoms with E-state index >= 15 is 0 Å². The number of hydrogen-bond acceptors (Lipinski definition) is 6. The zero-order chi connectivity index (χ0) is 21.0. The second-order valence-electron chi connectivity index (χ2n) is 6.55. The van der Waals surface area contributed by atoms with E-state index in [0.29, 0.717) is 28.1 Å². The molecule has 0 saturated carbocycles. The van der Waals surface area contributed by atoms with Crippen LogP contribution in [0.3, 0.4) is 0 Å². The number of furan rings is 1. The number of nitrogens with one attached hydrogen (secondary N) is 1. The Kier molecular flexibility index (Phi) is 5.97. The Balaban J connectivity index is 1.58. The lowest BCUT2D eigenvalue weighted by Crippen LogP contribution is -2.30. The third-order valence-corrected chi connectivity index (χ3v) is 4.43. The van der Waals surface area contributed by atoms with E-state index in [9.17, 15) is 14.4 Å². The summed E-state index contributed by atoms with van der Waals surface area (Å²) in [6.45, 7) is 2.96. The minimum Gasteiger partial charge on any atom is -0.497 e. The predicted molar refractivity (Wildman–Crippen MR) is 107 cm³/mol. The van der Waals surface area contributed by atoms with Gasteiger partial charge in [0.1, 0.15) is 11.3 Å². The molecule has 7 nitrogen and oxygen atoms in total. The molecule has 3 rings (SSSR count). The Labute approximate surface area is 167 Å². The highest BCUT2D eigenvalue weighted by Gasteiger charge is 2.20. The Morgan fingerprint density at radius 2 is 1.83 bits per heavy atom. The van der Waals surface area contributed by atoms with Crippen LogP contribution in [0.4, 0.5) is 5.69 Å². The van der Waals surface area contributed by atoms with Gasteiger partial charge in [0.05, 0.1) is 19.8 Å². The molecular formula is C22H21NO6. The molecule has 0 aliphatic carbocycles. The molecular weight excluding hydrogens is 374 g/mol. The topological polar surface area (TPSA) is 94.8 Å². The third kappa shape index (κ3) is 4.82. The Bertz CT molecular complexity index is 1050. The van der Waals surface area contributed by atoms with Crippen molar-refractivity contribution < 1.29 is 28.3 Å². The van der Waals surface area contributed by atoms with Gasteiger partial charge in [-0.25, -0.2) is 0 Å². The summed E-state index contributed by atoms with van der Waals surface area (Å²) in [6, 6.07) is 11.8. The maximum absolute atomic E-state index is 12.3. The quantitative estimate of drug-likeness (QED) is 0.484. The lowest BCUT2D eigenvalue weighted by Gasteiger charge is -2.13. The Morgan fingerprint density at radius 1 is 1.10 bits per heavy atom. The maximum atomic E-state index is 12.3. The summed E-state index contributed by atoms with van der Waals surface area (Å²) in [4.78, 5) is 35.8. The van der Waals surface area contributed by atoms with Gasteiger partial charge in [-0.2, -0.15) is 0 Å². The fourth-order valence-electron chi connectivity index (χ4n) is 2.81. The van der Waals surface area contributed by atoms with Crippen LogP contribution in [0.5, 0.6) is 5.75 Å². The number of esters is 1. The van der Waals surface area contributed by atoms with E-state index in [-0.39, 0.29) is 12.2 Å². The highest BCUT2D eigenvalue weighted by molar-refractivity contribution is 5.97. The number of methoxy groups -OCH3 is 1. The van der Waals surface area contributed by atoms with Gasteiger partial charge in [-0.3, -0.25) is 14.4 Å². The number of benzene rings is 2. The van der Waals surface area contributed by atoms with E-state index in [1.807, 2.05) is 0 Å². The van der Waals surface area contributed by atoms with E-state index in [2.05, 4.69) is 5.32 Å². The molecule has 7 heteroatoms. The van der Waals surface area contributed by atoms with Crippen LogP contribution in [0.15, 0.2) is 53.1 Å². The van der Waals surface area contributed by atoms with Crippen molar-refractivity contribution in [3.8, 4) is 5.75 Å². The highest BCUT2D eigenvalue weighted by atomic mass is 16.5. The fourth-order valence-corrected chi connectivity index (χ4v) is 2.81. The minimum atomic E-state index is -0.978. The van der Waals surface area contributed by atoms with Crippen LogP contribution in [-0.4, -0.2) is 30.9 Å². The number of hydrogen-bond donors (Lipinski definition) is 1. The monoisotopic (exact) mass is 395 g/mol. The van der Waals surface area contributed by atoms with Gasteiger partial charge in [0, 0.05) is 28.3 Å².